The zero-order valence-electron chi connectivity index (χ0n) is 8.28. The quantitative estimate of drug-likeness (QED) is 0.545. The lowest BCUT2D eigenvalue weighted by atomic mass is 10.1. The van der Waals surface area contributed by atoms with Crippen molar-refractivity contribution in [1.82, 2.24) is 0 Å². The predicted octanol–water partition coefficient (Wildman–Crippen LogP) is -0.259. The van der Waals surface area contributed by atoms with Crippen LogP contribution in [0.2, 0.25) is 0 Å². The number of anilines is 1. The van der Waals surface area contributed by atoms with E-state index in [1.807, 2.05) is 0 Å². The molecule has 0 aliphatic rings. The minimum atomic E-state index is -1.66. The van der Waals surface area contributed by atoms with E-state index in [4.69, 9.17) is 14.8 Å². The Labute approximate surface area is 93.7 Å². The van der Waals surface area contributed by atoms with Gasteiger partial charge in [-0.3, -0.25) is 10.4 Å². The van der Waals surface area contributed by atoms with Gasteiger partial charge in [-0.2, -0.15) is 0 Å². The second kappa shape index (κ2) is 3.89. The van der Waals surface area contributed by atoms with Gasteiger partial charge in [-0.05, 0) is 24.3 Å². The molecule has 0 saturated heterocycles. The van der Waals surface area contributed by atoms with E-state index in [1.54, 1.807) is 0 Å². The molecule has 0 saturated carbocycles. The van der Waals surface area contributed by atoms with E-state index in [2.05, 4.69) is 0 Å². The fourth-order valence-electron chi connectivity index (χ4n) is 1.38. The minimum absolute atomic E-state index is 0.00403. The molecule has 1 aromatic carbocycles. The molecule has 0 spiro atoms. The number of carboxylic acids is 1. The molecule has 1 heterocycles. The fourth-order valence-corrected chi connectivity index (χ4v) is 1.38. The van der Waals surface area contributed by atoms with E-state index in [0.29, 0.717) is 0 Å². The Morgan fingerprint density at radius 1 is 1.29 bits per heavy atom. The smallest absolute Gasteiger partial charge is 0.345 e. The molecule has 0 radical (unpaired) electrons. The Hall–Kier alpha value is -2.38. The molecule has 1 aromatic heterocycles. The Kier molecular flexibility index (Phi) is 2.54. The number of carboxylic acid groups (broad SMARTS) is 1. The van der Waals surface area contributed by atoms with Crippen LogP contribution < -0.4 is 16.0 Å². The number of carbonyl (C=O) groups is 1. The van der Waals surface area contributed by atoms with Crippen molar-refractivity contribution in [2.24, 2.45) is 0 Å². The van der Waals surface area contributed by atoms with E-state index in [-0.39, 0.29) is 21.9 Å². The van der Waals surface area contributed by atoms with Gasteiger partial charge in [-0.1, -0.05) is 0 Å². The van der Waals surface area contributed by atoms with Crippen LogP contribution in [0.5, 0.6) is 0 Å². The highest BCUT2D eigenvalue weighted by Crippen LogP contribution is 2.20. The molecule has 0 atom stereocenters. The molecule has 0 aliphatic heterocycles. The van der Waals surface area contributed by atoms with Gasteiger partial charge < -0.3 is 14.3 Å². The number of nitrogens with zero attached hydrogens (tertiary/aromatic N) is 1. The lowest BCUT2D eigenvalue weighted by Gasteiger charge is -2.08. The van der Waals surface area contributed by atoms with Crippen molar-refractivity contribution in [3.8, 4) is 0 Å². The highest BCUT2D eigenvalue weighted by Gasteiger charge is 2.08. The molecule has 2 N–H and O–H groups in total. The number of rotatable bonds is 2. The first-order chi connectivity index (χ1) is 7.99. The first-order valence-electron chi connectivity index (χ1n) is 4.46. The SMILES string of the molecule is O=C([O-])c1cc2cc(N(O)O)ccc2oc1=O. The van der Waals surface area contributed by atoms with Crippen LogP contribution in [0.25, 0.3) is 11.0 Å². The summed E-state index contributed by atoms with van der Waals surface area (Å²) < 4.78 is 4.73. The van der Waals surface area contributed by atoms with E-state index in [9.17, 15) is 14.7 Å². The van der Waals surface area contributed by atoms with Crippen LogP contribution in [-0.2, 0) is 0 Å². The zero-order chi connectivity index (χ0) is 12.6. The van der Waals surface area contributed by atoms with Crippen molar-refractivity contribution in [2.75, 3.05) is 5.23 Å². The Balaban J connectivity index is 2.72. The van der Waals surface area contributed by atoms with Crippen molar-refractivity contribution >= 4 is 22.6 Å². The molecule has 7 heteroatoms. The van der Waals surface area contributed by atoms with Crippen molar-refractivity contribution in [2.45, 2.75) is 0 Å². The molecule has 0 bridgehead atoms. The van der Waals surface area contributed by atoms with Gasteiger partial charge in [0.2, 0.25) is 0 Å². The van der Waals surface area contributed by atoms with Gasteiger partial charge in [-0.15, -0.1) is 5.23 Å². The number of fused-ring (bicyclic) bond motifs is 1. The average Bonchev–Trinajstić information content (AvgIpc) is 2.27. The van der Waals surface area contributed by atoms with Gasteiger partial charge in [0.1, 0.15) is 5.58 Å². The van der Waals surface area contributed by atoms with Crippen LogP contribution in [-0.4, -0.2) is 16.4 Å². The van der Waals surface area contributed by atoms with E-state index < -0.39 is 17.2 Å². The van der Waals surface area contributed by atoms with Crippen LogP contribution in [0.15, 0.2) is 33.5 Å². The summed E-state index contributed by atoms with van der Waals surface area (Å²) in [6.45, 7) is 0. The number of benzene rings is 1. The fraction of sp³-hybridized carbons (Fsp3) is 0. The first-order valence-corrected chi connectivity index (χ1v) is 4.46. The van der Waals surface area contributed by atoms with Crippen molar-refractivity contribution in [3.05, 3.63) is 40.2 Å². The molecule has 0 aliphatic carbocycles. The third-order valence-electron chi connectivity index (χ3n) is 2.17. The molecule has 17 heavy (non-hydrogen) atoms. The molecule has 88 valence electrons. The minimum Gasteiger partial charge on any atom is -0.545 e. The monoisotopic (exact) mass is 236 g/mol. The van der Waals surface area contributed by atoms with E-state index >= 15 is 0 Å². The summed E-state index contributed by atoms with van der Waals surface area (Å²) in [5, 5.41) is 28.3. The summed E-state index contributed by atoms with van der Waals surface area (Å²) in [4.78, 5) is 21.8. The second-order valence-corrected chi connectivity index (χ2v) is 3.25. The van der Waals surface area contributed by atoms with Crippen LogP contribution in [0, 0.1) is 0 Å². The maximum Gasteiger partial charge on any atom is 0.345 e. The molecular formula is C10H6NO6-. The Morgan fingerprint density at radius 3 is 2.59 bits per heavy atom. The van der Waals surface area contributed by atoms with Gasteiger partial charge in [0.05, 0.1) is 17.2 Å². The van der Waals surface area contributed by atoms with Crippen molar-refractivity contribution in [1.29, 1.82) is 0 Å². The highest BCUT2D eigenvalue weighted by molar-refractivity contribution is 5.91. The largest absolute Gasteiger partial charge is 0.545 e. The molecule has 0 unspecified atom stereocenters. The summed E-state index contributed by atoms with van der Waals surface area (Å²) in [7, 11) is 0. The summed E-state index contributed by atoms with van der Waals surface area (Å²) in [6, 6.07) is 4.88. The lowest BCUT2D eigenvalue weighted by Crippen LogP contribution is -2.28. The summed E-state index contributed by atoms with van der Waals surface area (Å²) in [6.07, 6.45) is 0. The van der Waals surface area contributed by atoms with Gasteiger partial charge in [0, 0.05) is 5.39 Å². The van der Waals surface area contributed by atoms with Gasteiger partial charge in [0.15, 0.2) is 0 Å². The van der Waals surface area contributed by atoms with Gasteiger partial charge in [0.25, 0.3) is 0 Å². The van der Waals surface area contributed by atoms with Gasteiger partial charge >= 0.3 is 5.63 Å². The number of hydrogen-bond donors (Lipinski definition) is 2. The van der Waals surface area contributed by atoms with Crippen LogP contribution >= 0.6 is 0 Å². The topological polar surface area (TPSA) is 114 Å². The molecule has 0 fully saturated rings. The van der Waals surface area contributed by atoms with Gasteiger partial charge in [-0.25, -0.2) is 4.79 Å². The predicted molar refractivity (Wildman–Crippen MR) is 52.9 cm³/mol. The van der Waals surface area contributed by atoms with Crippen LogP contribution in [0.4, 0.5) is 5.69 Å². The first kappa shape index (κ1) is 11.1. The summed E-state index contributed by atoms with van der Waals surface area (Å²) >= 11 is 0. The second-order valence-electron chi connectivity index (χ2n) is 3.25. The molecule has 2 rings (SSSR count). The summed E-state index contributed by atoms with van der Waals surface area (Å²) in [5.41, 5.74) is -1.52. The number of carbonyl (C=O) groups excluding carboxylic acids is 1. The molecule has 2 aromatic rings. The number of aromatic carboxylic acids is 1. The molecule has 7 nitrogen and oxygen atoms in total. The number of hydrogen-bond acceptors (Lipinski definition) is 7. The van der Waals surface area contributed by atoms with E-state index in [1.165, 1.54) is 18.2 Å². The molecule has 0 amide bonds. The highest BCUT2D eigenvalue weighted by atomic mass is 16.8. The third kappa shape index (κ3) is 1.96. The van der Waals surface area contributed by atoms with Crippen LogP contribution in [0.1, 0.15) is 10.4 Å². The van der Waals surface area contributed by atoms with Crippen molar-refractivity contribution in [3.63, 3.8) is 0 Å². The maximum atomic E-state index is 11.2. The Bertz CT molecular complexity index is 645. The third-order valence-corrected chi connectivity index (χ3v) is 2.17. The maximum absolute atomic E-state index is 11.2. The van der Waals surface area contributed by atoms with E-state index in [0.717, 1.165) is 6.07 Å². The lowest BCUT2D eigenvalue weighted by molar-refractivity contribution is -0.255. The molecular weight excluding hydrogens is 230 g/mol. The zero-order valence-corrected chi connectivity index (χ0v) is 8.28. The average molecular weight is 236 g/mol. The standard InChI is InChI=1S/C10H7NO6/c12-9(13)7-4-5-3-6(11(15)16)1-2-8(5)17-10(7)14/h1-4,15-16H,(H,12,13)/p-1. The normalized spacial score (nSPS) is 10.5. The Morgan fingerprint density at radius 2 is 2.00 bits per heavy atom. The van der Waals surface area contributed by atoms with Crippen LogP contribution in [0.3, 0.4) is 0 Å². The van der Waals surface area contributed by atoms with Crippen molar-refractivity contribution < 1.29 is 24.7 Å². The summed E-state index contributed by atoms with van der Waals surface area (Å²) in [5.74, 6) is -1.66.